The number of carbonyl (C=O) groups excluding carboxylic acids is 1. The van der Waals surface area contributed by atoms with Crippen LogP contribution in [0, 0.1) is 0 Å². The SMILES string of the molecule is CN(CCC(=O)O)C(=O)Cc1cccnc1. The Kier molecular flexibility index (Phi) is 4.44. The van der Waals surface area contributed by atoms with Crippen LogP contribution in [-0.2, 0) is 16.0 Å². The smallest absolute Gasteiger partial charge is 0.305 e. The van der Waals surface area contributed by atoms with Gasteiger partial charge in [0, 0.05) is 26.0 Å². The van der Waals surface area contributed by atoms with Crippen molar-refractivity contribution in [2.45, 2.75) is 12.8 Å². The molecule has 16 heavy (non-hydrogen) atoms. The molecule has 0 saturated carbocycles. The number of aromatic nitrogens is 1. The van der Waals surface area contributed by atoms with Crippen LogP contribution in [0.15, 0.2) is 24.5 Å². The largest absolute Gasteiger partial charge is 0.481 e. The van der Waals surface area contributed by atoms with Crippen LogP contribution in [0.25, 0.3) is 0 Å². The molecule has 0 aromatic carbocycles. The Morgan fingerprint density at radius 3 is 2.81 bits per heavy atom. The lowest BCUT2D eigenvalue weighted by Crippen LogP contribution is -2.30. The maximum atomic E-state index is 11.6. The number of aliphatic carboxylic acids is 1. The zero-order chi connectivity index (χ0) is 12.0. The molecule has 0 fully saturated rings. The van der Waals surface area contributed by atoms with Crippen LogP contribution in [-0.4, -0.2) is 40.5 Å². The van der Waals surface area contributed by atoms with Crippen LogP contribution in [0.3, 0.4) is 0 Å². The summed E-state index contributed by atoms with van der Waals surface area (Å²) in [5.74, 6) is -1.00. The minimum absolute atomic E-state index is 0.0325. The molecule has 86 valence electrons. The molecule has 1 N–H and O–H groups in total. The summed E-state index contributed by atoms with van der Waals surface area (Å²) >= 11 is 0. The number of rotatable bonds is 5. The molecule has 0 aliphatic carbocycles. The average Bonchev–Trinajstić information content (AvgIpc) is 2.27. The molecule has 1 amide bonds. The highest BCUT2D eigenvalue weighted by Gasteiger charge is 2.10. The van der Waals surface area contributed by atoms with E-state index in [9.17, 15) is 9.59 Å². The predicted molar refractivity (Wildman–Crippen MR) is 57.8 cm³/mol. The van der Waals surface area contributed by atoms with E-state index in [0.29, 0.717) is 0 Å². The Hall–Kier alpha value is -1.91. The Morgan fingerprint density at radius 2 is 2.25 bits per heavy atom. The summed E-state index contributed by atoms with van der Waals surface area (Å²) in [5.41, 5.74) is 0.828. The minimum Gasteiger partial charge on any atom is -0.481 e. The minimum atomic E-state index is -0.902. The van der Waals surface area contributed by atoms with Crippen LogP contribution < -0.4 is 0 Å². The quantitative estimate of drug-likeness (QED) is 0.790. The molecule has 0 radical (unpaired) electrons. The first-order chi connectivity index (χ1) is 7.59. The third-order valence-corrected chi connectivity index (χ3v) is 2.16. The van der Waals surface area contributed by atoms with Crippen LogP contribution in [0.4, 0.5) is 0 Å². The highest BCUT2D eigenvalue weighted by atomic mass is 16.4. The van der Waals surface area contributed by atoms with E-state index in [1.807, 2.05) is 6.07 Å². The molecular formula is C11H14N2O3. The molecule has 0 saturated heterocycles. The zero-order valence-electron chi connectivity index (χ0n) is 9.09. The van der Waals surface area contributed by atoms with Crippen LogP contribution >= 0.6 is 0 Å². The molecule has 0 unspecified atom stereocenters. The number of carbonyl (C=O) groups is 2. The van der Waals surface area contributed by atoms with Crippen molar-refractivity contribution in [3.8, 4) is 0 Å². The van der Waals surface area contributed by atoms with Gasteiger partial charge in [-0.2, -0.15) is 0 Å². The molecule has 5 nitrogen and oxygen atoms in total. The number of hydrogen-bond acceptors (Lipinski definition) is 3. The van der Waals surface area contributed by atoms with Gasteiger partial charge in [-0.1, -0.05) is 6.07 Å². The zero-order valence-corrected chi connectivity index (χ0v) is 9.09. The van der Waals surface area contributed by atoms with E-state index in [0.717, 1.165) is 5.56 Å². The molecule has 5 heteroatoms. The Bertz CT molecular complexity index is 365. The van der Waals surface area contributed by atoms with Crippen molar-refractivity contribution in [2.75, 3.05) is 13.6 Å². The summed E-state index contributed by atoms with van der Waals surface area (Å²) < 4.78 is 0. The van der Waals surface area contributed by atoms with E-state index < -0.39 is 5.97 Å². The van der Waals surface area contributed by atoms with Gasteiger partial charge in [0.25, 0.3) is 0 Å². The maximum absolute atomic E-state index is 11.6. The molecule has 1 aromatic heterocycles. The topological polar surface area (TPSA) is 70.5 Å². The molecular weight excluding hydrogens is 208 g/mol. The molecule has 1 heterocycles. The van der Waals surface area contributed by atoms with Gasteiger partial charge in [-0.3, -0.25) is 14.6 Å². The summed E-state index contributed by atoms with van der Waals surface area (Å²) in [6.07, 6.45) is 3.49. The third kappa shape index (κ3) is 4.08. The summed E-state index contributed by atoms with van der Waals surface area (Å²) in [5, 5.41) is 8.49. The normalized spacial score (nSPS) is 9.81. The summed E-state index contributed by atoms with van der Waals surface area (Å²) in [6.45, 7) is 0.231. The van der Waals surface area contributed by atoms with Gasteiger partial charge in [0.1, 0.15) is 0 Å². The van der Waals surface area contributed by atoms with Crippen molar-refractivity contribution in [3.63, 3.8) is 0 Å². The second-order valence-electron chi connectivity index (χ2n) is 3.50. The first-order valence-corrected chi connectivity index (χ1v) is 4.94. The Labute approximate surface area is 93.7 Å². The number of likely N-dealkylation sites (N-methyl/N-ethyl adjacent to an activating group) is 1. The first-order valence-electron chi connectivity index (χ1n) is 4.94. The second kappa shape index (κ2) is 5.85. The fourth-order valence-electron chi connectivity index (χ4n) is 1.20. The average molecular weight is 222 g/mol. The molecule has 1 aromatic rings. The fourth-order valence-corrected chi connectivity index (χ4v) is 1.20. The lowest BCUT2D eigenvalue weighted by molar-refractivity contribution is -0.138. The number of carboxylic acid groups (broad SMARTS) is 1. The number of hydrogen-bond donors (Lipinski definition) is 1. The van der Waals surface area contributed by atoms with Gasteiger partial charge in [-0.05, 0) is 11.6 Å². The lowest BCUT2D eigenvalue weighted by Gasteiger charge is -2.15. The molecule has 0 atom stereocenters. The number of pyridine rings is 1. The fraction of sp³-hybridized carbons (Fsp3) is 0.364. The van der Waals surface area contributed by atoms with Crippen molar-refractivity contribution >= 4 is 11.9 Å². The van der Waals surface area contributed by atoms with Crippen molar-refractivity contribution in [2.24, 2.45) is 0 Å². The van der Waals surface area contributed by atoms with Gasteiger partial charge < -0.3 is 10.0 Å². The highest BCUT2D eigenvalue weighted by Crippen LogP contribution is 2.00. The summed E-state index contributed by atoms with van der Waals surface area (Å²) in [4.78, 5) is 27.3. The summed E-state index contributed by atoms with van der Waals surface area (Å²) in [7, 11) is 1.60. The van der Waals surface area contributed by atoms with Gasteiger partial charge >= 0.3 is 5.97 Å². The van der Waals surface area contributed by atoms with Crippen LogP contribution in [0.1, 0.15) is 12.0 Å². The van der Waals surface area contributed by atoms with Gasteiger partial charge in [-0.25, -0.2) is 0 Å². The molecule has 1 rings (SSSR count). The third-order valence-electron chi connectivity index (χ3n) is 2.16. The van der Waals surface area contributed by atoms with Crippen molar-refractivity contribution in [1.29, 1.82) is 0 Å². The van der Waals surface area contributed by atoms with Crippen molar-refractivity contribution in [3.05, 3.63) is 30.1 Å². The van der Waals surface area contributed by atoms with E-state index in [-0.39, 0.29) is 25.3 Å². The number of nitrogens with zero attached hydrogens (tertiary/aromatic N) is 2. The molecule has 0 aliphatic rings. The second-order valence-corrected chi connectivity index (χ2v) is 3.50. The summed E-state index contributed by atoms with van der Waals surface area (Å²) in [6, 6.07) is 3.58. The van der Waals surface area contributed by atoms with Crippen LogP contribution in [0.5, 0.6) is 0 Å². The van der Waals surface area contributed by atoms with Gasteiger partial charge in [0.15, 0.2) is 0 Å². The van der Waals surface area contributed by atoms with E-state index in [2.05, 4.69) is 4.98 Å². The Morgan fingerprint density at radius 1 is 1.50 bits per heavy atom. The monoisotopic (exact) mass is 222 g/mol. The van der Waals surface area contributed by atoms with E-state index in [4.69, 9.17) is 5.11 Å². The van der Waals surface area contributed by atoms with Gasteiger partial charge in [-0.15, -0.1) is 0 Å². The number of carboxylic acids is 1. The van der Waals surface area contributed by atoms with E-state index in [1.54, 1.807) is 25.5 Å². The Balaban J connectivity index is 2.43. The first kappa shape index (κ1) is 12.2. The standard InChI is InChI=1S/C11H14N2O3/c1-13(6-4-11(15)16)10(14)7-9-3-2-5-12-8-9/h2-3,5,8H,4,6-7H2,1H3,(H,15,16). The molecule has 0 aliphatic heterocycles. The highest BCUT2D eigenvalue weighted by molar-refractivity contribution is 5.79. The molecule has 0 bridgehead atoms. The predicted octanol–water partition coefficient (Wildman–Crippen LogP) is 0.557. The lowest BCUT2D eigenvalue weighted by atomic mass is 10.2. The van der Waals surface area contributed by atoms with E-state index in [1.165, 1.54) is 4.90 Å². The van der Waals surface area contributed by atoms with E-state index >= 15 is 0 Å². The van der Waals surface area contributed by atoms with Gasteiger partial charge in [0.05, 0.1) is 12.8 Å². The van der Waals surface area contributed by atoms with Crippen molar-refractivity contribution in [1.82, 2.24) is 9.88 Å². The van der Waals surface area contributed by atoms with Gasteiger partial charge in [0.2, 0.25) is 5.91 Å². The maximum Gasteiger partial charge on any atom is 0.305 e. The van der Waals surface area contributed by atoms with Crippen molar-refractivity contribution < 1.29 is 14.7 Å². The molecule has 0 spiro atoms. The van der Waals surface area contributed by atoms with Crippen LogP contribution in [0.2, 0.25) is 0 Å². The number of amides is 1.